The number of rotatable bonds is 4. The highest BCUT2D eigenvalue weighted by Crippen LogP contribution is 2.23. The zero-order chi connectivity index (χ0) is 14.8. The lowest BCUT2D eigenvalue weighted by Crippen LogP contribution is -2.31. The Morgan fingerprint density at radius 3 is 2.57 bits per heavy atom. The third kappa shape index (κ3) is 3.60. The summed E-state index contributed by atoms with van der Waals surface area (Å²) in [4.78, 5) is 25.8. The number of carbonyl (C=O) groups excluding carboxylic acids is 2. The second-order valence-corrected chi connectivity index (χ2v) is 5.96. The van der Waals surface area contributed by atoms with Gasteiger partial charge in [0.1, 0.15) is 5.82 Å². The van der Waals surface area contributed by atoms with Crippen LogP contribution in [0.5, 0.6) is 0 Å². The summed E-state index contributed by atoms with van der Waals surface area (Å²) in [6.45, 7) is 1.27. The van der Waals surface area contributed by atoms with Crippen LogP contribution in [0.25, 0.3) is 0 Å². The van der Waals surface area contributed by atoms with E-state index in [1.807, 2.05) is 0 Å². The predicted octanol–water partition coefficient (Wildman–Crippen LogP) is 1.96. The first-order valence-corrected chi connectivity index (χ1v) is 7.46. The van der Waals surface area contributed by atoms with Gasteiger partial charge in [0.05, 0.1) is 0 Å². The van der Waals surface area contributed by atoms with Gasteiger partial charge in [0, 0.05) is 31.1 Å². The van der Waals surface area contributed by atoms with Crippen molar-refractivity contribution < 1.29 is 14.0 Å². The van der Waals surface area contributed by atoms with Gasteiger partial charge in [0.15, 0.2) is 0 Å². The van der Waals surface area contributed by atoms with Crippen LogP contribution in [0.3, 0.4) is 0 Å². The minimum atomic E-state index is -0.345. The monoisotopic (exact) mass is 290 g/mol. The van der Waals surface area contributed by atoms with Gasteiger partial charge in [-0.05, 0) is 49.4 Å². The number of halogens is 1. The first-order chi connectivity index (χ1) is 10.1. The van der Waals surface area contributed by atoms with Crippen molar-refractivity contribution in [3.05, 3.63) is 35.6 Å². The summed E-state index contributed by atoms with van der Waals surface area (Å²) in [6.07, 6.45) is 3.52. The summed E-state index contributed by atoms with van der Waals surface area (Å²) >= 11 is 0. The van der Waals surface area contributed by atoms with E-state index in [1.54, 1.807) is 4.90 Å². The van der Waals surface area contributed by atoms with Gasteiger partial charge >= 0.3 is 0 Å². The van der Waals surface area contributed by atoms with E-state index < -0.39 is 0 Å². The number of likely N-dealkylation sites (tertiary alicyclic amines) is 1. The van der Waals surface area contributed by atoms with Crippen LogP contribution in [0.2, 0.25) is 0 Å². The van der Waals surface area contributed by atoms with Gasteiger partial charge in [0.25, 0.3) is 5.91 Å². The number of hydrogen-bond acceptors (Lipinski definition) is 2. The molecule has 5 heteroatoms. The molecule has 112 valence electrons. The molecule has 4 nitrogen and oxygen atoms in total. The quantitative estimate of drug-likeness (QED) is 0.921. The maximum atomic E-state index is 12.9. The van der Waals surface area contributed by atoms with Crippen molar-refractivity contribution in [2.24, 2.45) is 5.92 Å². The second kappa shape index (κ2) is 5.84. The summed E-state index contributed by atoms with van der Waals surface area (Å²) in [6, 6.07) is 5.99. The molecule has 1 saturated carbocycles. The molecular formula is C16H19FN2O2. The Bertz CT molecular complexity index is 540. The van der Waals surface area contributed by atoms with E-state index in [1.165, 1.54) is 24.3 Å². The van der Waals surface area contributed by atoms with E-state index in [0.717, 1.165) is 19.3 Å². The number of benzene rings is 1. The topological polar surface area (TPSA) is 49.4 Å². The molecule has 1 aromatic rings. The van der Waals surface area contributed by atoms with Crippen molar-refractivity contribution >= 4 is 11.8 Å². The summed E-state index contributed by atoms with van der Waals surface area (Å²) in [5.41, 5.74) is 0.500. The third-order valence-electron chi connectivity index (χ3n) is 4.08. The van der Waals surface area contributed by atoms with Crippen molar-refractivity contribution in [1.82, 2.24) is 10.2 Å². The van der Waals surface area contributed by atoms with Crippen molar-refractivity contribution in [2.45, 2.75) is 31.7 Å². The van der Waals surface area contributed by atoms with Gasteiger partial charge in [-0.15, -0.1) is 0 Å². The molecule has 2 amide bonds. The molecule has 1 aliphatic carbocycles. The average molecular weight is 290 g/mol. The van der Waals surface area contributed by atoms with Gasteiger partial charge in [-0.25, -0.2) is 4.39 Å². The van der Waals surface area contributed by atoms with Gasteiger partial charge < -0.3 is 10.2 Å². The molecule has 0 aromatic heterocycles. The number of hydrogen-bond donors (Lipinski definition) is 1. The van der Waals surface area contributed by atoms with Crippen LogP contribution in [0.1, 0.15) is 36.0 Å². The zero-order valence-electron chi connectivity index (χ0n) is 11.8. The largest absolute Gasteiger partial charge is 0.353 e. The molecular weight excluding hydrogens is 271 g/mol. The molecule has 1 aliphatic heterocycles. The molecule has 1 unspecified atom stereocenters. The molecule has 0 bridgehead atoms. The summed E-state index contributed by atoms with van der Waals surface area (Å²) in [5, 5.41) is 2.98. The fourth-order valence-electron chi connectivity index (χ4n) is 2.74. The van der Waals surface area contributed by atoms with E-state index in [0.29, 0.717) is 31.1 Å². The second-order valence-electron chi connectivity index (χ2n) is 5.96. The molecule has 21 heavy (non-hydrogen) atoms. The van der Waals surface area contributed by atoms with Crippen molar-refractivity contribution in [3.63, 3.8) is 0 Å². The molecule has 1 heterocycles. The predicted molar refractivity (Wildman–Crippen MR) is 76.2 cm³/mol. The normalized spacial score (nSPS) is 21.4. The van der Waals surface area contributed by atoms with E-state index in [4.69, 9.17) is 0 Å². The minimum Gasteiger partial charge on any atom is -0.353 e. The first-order valence-electron chi connectivity index (χ1n) is 7.46. The number of nitrogens with zero attached hydrogens (tertiary/aromatic N) is 1. The maximum absolute atomic E-state index is 12.9. The Balaban J connectivity index is 1.52. The summed E-state index contributed by atoms with van der Waals surface area (Å²) < 4.78 is 12.9. The molecule has 3 rings (SSSR count). The highest BCUT2D eigenvalue weighted by molar-refractivity contribution is 5.94. The molecule has 2 aliphatic rings. The van der Waals surface area contributed by atoms with Gasteiger partial charge in [-0.3, -0.25) is 9.59 Å². The molecule has 1 saturated heterocycles. The smallest absolute Gasteiger partial charge is 0.253 e. The first kappa shape index (κ1) is 14.0. The Labute approximate surface area is 123 Å². The zero-order valence-corrected chi connectivity index (χ0v) is 11.8. The Morgan fingerprint density at radius 2 is 1.90 bits per heavy atom. The third-order valence-corrected chi connectivity index (χ3v) is 4.08. The van der Waals surface area contributed by atoms with Gasteiger partial charge in [-0.1, -0.05) is 0 Å². The minimum absolute atomic E-state index is 0.0832. The van der Waals surface area contributed by atoms with Crippen LogP contribution in [0.15, 0.2) is 24.3 Å². The molecule has 0 spiro atoms. The average Bonchev–Trinajstić information content (AvgIpc) is 3.15. The molecule has 1 atom stereocenters. The maximum Gasteiger partial charge on any atom is 0.253 e. The SMILES string of the molecule is O=C(CC1CCN(C(=O)c2ccc(F)cc2)C1)NC1CC1. The van der Waals surface area contributed by atoms with Crippen molar-refractivity contribution in [3.8, 4) is 0 Å². The van der Waals surface area contributed by atoms with Crippen LogP contribution in [0, 0.1) is 11.7 Å². The number of nitrogens with one attached hydrogen (secondary N) is 1. The van der Waals surface area contributed by atoms with Crippen LogP contribution < -0.4 is 5.32 Å². The van der Waals surface area contributed by atoms with Crippen molar-refractivity contribution in [2.75, 3.05) is 13.1 Å². The molecule has 1 N–H and O–H groups in total. The standard InChI is InChI=1S/C16H19FN2O2/c17-13-3-1-12(2-4-13)16(21)19-8-7-11(10-19)9-15(20)18-14-5-6-14/h1-4,11,14H,5-10H2,(H,18,20). The molecule has 0 radical (unpaired) electrons. The highest BCUT2D eigenvalue weighted by Gasteiger charge is 2.30. The lowest BCUT2D eigenvalue weighted by Gasteiger charge is -2.16. The molecule has 2 fully saturated rings. The lowest BCUT2D eigenvalue weighted by molar-refractivity contribution is -0.122. The Kier molecular flexibility index (Phi) is 3.90. The van der Waals surface area contributed by atoms with Crippen molar-refractivity contribution in [1.29, 1.82) is 0 Å². The van der Waals surface area contributed by atoms with E-state index in [-0.39, 0.29) is 23.5 Å². The molecule has 1 aromatic carbocycles. The van der Waals surface area contributed by atoms with Crippen LogP contribution in [-0.2, 0) is 4.79 Å². The van der Waals surface area contributed by atoms with E-state index in [9.17, 15) is 14.0 Å². The summed E-state index contributed by atoms with van der Waals surface area (Å²) in [7, 11) is 0. The van der Waals surface area contributed by atoms with E-state index in [2.05, 4.69) is 5.32 Å². The number of amides is 2. The Morgan fingerprint density at radius 1 is 1.19 bits per heavy atom. The Hall–Kier alpha value is -1.91. The highest BCUT2D eigenvalue weighted by atomic mass is 19.1. The van der Waals surface area contributed by atoms with E-state index >= 15 is 0 Å². The number of carbonyl (C=O) groups is 2. The van der Waals surface area contributed by atoms with Crippen LogP contribution in [0.4, 0.5) is 4.39 Å². The summed E-state index contributed by atoms with van der Waals surface area (Å²) in [5.74, 6) is -0.102. The van der Waals surface area contributed by atoms with Gasteiger partial charge in [0.2, 0.25) is 5.91 Å². The van der Waals surface area contributed by atoms with Crippen LogP contribution in [-0.4, -0.2) is 35.8 Å². The fourth-order valence-corrected chi connectivity index (χ4v) is 2.74. The van der Waals surface area contributed by atoms with Crippen LogP contribution >= 0.6 is 0 Å². The fraction of sp³-hybridized carbons (Fsp3) is 0.500. The lowest BCUT2D eigenvalue weighted by atomic mass is 10.0. The van der Waals surface area contributed by atoms with Gasteiger partial charge in [-0.2, -0.15) is 0 Å².